The van der Waals surface area contributed by atoms with Crippen molar-refractivity contribution in [2.75, 3.05) is 19.6 Å². The normalized spacial score (nSPS) is 30.4. The second-order valence-corrected chi connectivity index (χ2v) is 7.05. The van der Waals surface area contributed by atoms with E-state index in [1.807, 2.05) is 0 Å². The monoisotopic (exact) mass is 272 g/mol. The number of likely N-dealkylation sites (tertiary alicyclic amines) is 1. The van der Waals surface area contributed by atoms with Crippen molar-refractivity contribution < 1.29 is 0 Å². The topological polar surface area (TPSA) is 15.3 Å². The van der Waals surface area contributed by atoms with Crippen LogP contribution in [-0.4, -0.2) is 30.1 Å². The van der Waals surface area contributed by atoms with Gasteiger partial charge in [0, 0.05) is 24.7 Å². The number of nitrogens with one attached hydrogen (secondary N) is 1. The van der Waals surface area contributed by atoms with Crippen molar-refractivity contribution in [3.8, 4) is 0 Å². The Labute approximate surface area is 123 Å². The minimum absolute atomic E-state index is 0.309. The Kier molecular flexibility index (Phi) is 3.87. The summed E-state index contributed by atoms with van der Waals surface area (Å²) in [6, 6.07) is 11.7. The Hall–Kier alpha value is -0.860. The van der Waals surface area contributed by atoms with E-state index in [0.29, 0.717) is 11.6 Å². The van der Waals surface area contributed by atoms with E-state index in [2.05, 4.69) is 61.3 Å². The molecule has 3 unspecified atom stereocenters. The molecule has 2 aliphatic heterocycles. The molecule has 2 heteroatoms. The molecule has 1 aromatic rings. The molecule has 0 radical (unpaired) electrons. The first-order chi connectivity index (χ1) is 9.64. The van der Waals surface area contributed by atoms with E-state index in [0.717, 1.165) is 11.8 Å². The van der Waals surface area contributed by atoms with E-state index in [1.165, 1.54) is 38.0 Å². The molecule has 0 aliphatic carbocycles. The van der Waals surface area contributed by atoms with Crippen LogP contribution in [0.3, 0.4) is 0 Å². The smallest absolute Gasteiger partial charge is 0.0353 e. The Balaban J connectivity index is 1.88. The van der Waals surface area contributed by atoms with Crippen LogP contribution in [0.1, 0.15) is 45.2 Å². The van der Waals surface area contributed by atoms with Gasteiger partial charge in [-0.1, -0.05) is 43.7 Å². The lowest BCUT2D eigenvalue weighted by Crippen LogP contribution is -2.46. The lowest BCUT2D eigenvalue weighted by atomic mass is 9.84. The highest BCUT2D eigenvalue weighted by Crippen LogP contribution is 2.46. The van der Waals surface area contributed by atoms with Gasteiger partial charge in [-0.25, -0.2) is 0 Å². The lowest BCUT2D eigenvalue weighted by Gasteiger charge is -2.41. The second-order valence-electron chi connectivity index (χ2n) is 7.05. The van der Waals surface area contributed by atoms with Gasteiger partial charge in [-0.05, 0) is 44.2 Å². The van der Waals surface area contributed by atoms with Gasteiger partial charge >= 0.3 is 0 Å². The standard InChI is InChI=1S/C18H28N2/c1-4-8-17(14-9-6-5-7-10-14)20-13-15-11-19-12-16(15)18(20,2)3/h5-7,9-10,15-17,19H,4,8,11-13H2,1-3H3. The third kappa shape index (κ3) is 2.29. The van der Waals surface area contributed by atoms with E-state index in [1.54, 1.807) is 0 Å². The first-order valence-corrected chi connectivity index (χ1v) is 8.17. The molecule has 0 spiro atoms. The molecule has 2 nitrogen and oxygen atoms in total. The number of rotatable bonds is 4. The summed E-state index contributed by atoms with van der Waals surface area (Å²) in [5, 5.41) is 3.58. The molecule has 110 valence electrons. The Bertz CT molecular complexity index is 440. The second kappa shape index (κ2) is 5.50. The molecule has 3 rings (SSSR count). The average Bonchev–Trinajstić information content (AvgIpc) is 3.00. The molecule has 2 saturated heterocycles. The molecule has 1 N–H and O–H groups in total. The van der Waals surface area contributed by atoms with Gasteiger partial charge in [0.25, 0.3) is 0 Å². The van der Waals surface area contributed by atoms with Gasteiger partial charge in [0.2, 0.25) is 0 Å². The molecule has 0 bridgehead atoms. The molecule has 1 aromatic carbocycles. The summed E-state index contributed by atoms with van der Waals surface area (Å²) in [6.45, 7) is 10.9. The van der Waals surface area contributed by atoms with Gasteiger partial charge in [0.15, 0.2) is 0 Å². The minimum Gasteiger partial charge on any atom is -0.316 e. The first kappa shape index (κ1) is 14.1. The van der Waals surface area contributed by atoms with Crippen molar-refractivity contribution in [3.05, 3.63) is 35.9 Å². The van der Waals surface area contributed by atoms with Crippen LogP contribution >= 0.6 is 0 Å². The minimum atomic E-state index is 0.309. The fourth-order valence-corrected chi connectivity index (χ4v) is 4.43. The van der Waals surface area contributed by atoms with Crippen LogP contribution < -0.4 is 5.32 Å². The van der Waals surface area contributed by atoms with E-state index in [4.69, 9.17) is 0 Å². The Morgan fingerprint density at radius 1 is 1.25 bits per heavy atom. The summed E-state index contributed by atoms with van der Waals surface area (Å²) in [5.41, 5.74) is 1.81. The number of hydrogen-bond acceptors (Lipinski definition) is 2. The van der Waals surface area contributed by atoms with Crippen molar-refractivity contribution in [2.24, 2.45) is 11.8 Å². The van der Waals surface area contributed by atoms with Crippen LogP contribution in [0, 0.1) is 11.8 Å². The van der Waals surface area contributed by atoms with Gasteiger partial charge in [0.05, 0.1) is 0 Å². The predicted molar refractivity (Wildman–Crippen MR) is 84.7 cm³/mol. The maximum absolute atomic E-state index is 3.58. The van der Waals surface area contributed by atoms with E-state index in [9.17, 15) is 0 Å². The van der Waals surface area contributed by atoms with Gasteiger partial charge in [-0.3, -0.25) is 4.90 Å². The van der Waals surface area contributed by atoms with Crippen molar-refractivity contribution in [2.45, 2.75) is 45.2 Å². The van der Waals surface area contributed by atoms with Gasteiger partial charge in [-0.15, -0.1) is 0 Å². The zero-order valence-electron chi connectivity index (χ0n) is 13.1. The summed E-state index contributed by atoms with van der Waals surface area (Å²) in [5.74, 6) is 1.65. The summed E-state index contributed by atoms with van der Waals surface area (Å²) < 4.78 is 0. The zero-order valence-corrected chi connectivity index (χ0v) is 13.1. The average molecular weight is 272 g/mol. The van der Waals surface area contributed by atoms with Crippen LogP contribution in [0.5, 0.6) is 0 Å². The number of fused-ring (bicyclic) bond motifs is 1. The highest BCUT2D eigenvalue weighted by Gasteiger charge is 2.51. The number of hydrogen-bond donors (Lipinski definition) is 1. The molecular weight excluding hydrogens is 244 g/mol. The molecule has 2 heterocycles. The zero-order chi connectivity index (χ0) is 14.2. The number of nitrogens with zero attached hydrogens (tertiary/aromatic N) is 1. The molecule has 20 heavy (non-hydrogen) atoms. The largest absolute Gasteiger partial charge is 0.316 e. The fourth-order valence-electron chi connectivity index (χ4n) is 4.43. The van der Waals surface area contributed by atoms with Crippen LogP contribution in [0.25, 0.3) is 0 Å². The molecule has 2 aliphatic rings. The molecule has 3 atom stereocenters. The van der Waals surface area contributed by atoms with Crippen LogP contribution in [0.2, 0.25) is 0 Å². The summed E-state index contributed by atoms with van der Waals surface area (Å²) in [6.07, 6.45) is 2.51. The van der Waals surface area contributed by atoms with Crippen molar-refractivity contribution in [1.82, 2.24) is 10.2 Å². The molecule has 0 saturated carbocycles. The maximum Gasteiger partial charge on any atom is 0.0353 e. The fraction of sp³-hybridized carbons (Fsp3) is 0.667. The summed E-state index contributed by atoms with van der Waals surface area (Å²) in [4.78, 5) is 2.79. The van der Waals surface area contributed by atoms with Gasteiger partial charge in [0.1, 0.15) is 0 Å². The van der Waals surface area contributed by atoms with Gasteiger partial charge in [-0.2, -0.15) is 0 Å². The van der Waals surface area contributed by atoms with Crippen molar-refractivity contribution >= 4 is 0 Å². The molecular formula is C18H28N2. The first-order valence-electron chi connectivity index (χ1n) is 8.17. The molecule has 2 fully saturated rings. The Morgan fingerprint density at radius 2 is 2.00 bits per heavy atom. The van der Waals surface area contributed by atoms with Gasteiger partial charge < -0.3 is 5.32 Å². The summed E-state index contributed by atoms with van der Waals surface area (Å²) >= 11 is 0. The highest BCUT2D eigenvalue weighted by molar-refractivity contribution is 5.21. The van der Waals surface area contributed by atoms with Crippen LogP contribution in [-0.2, 0) is 0 Å². The third-order valence-electron chi connectivity index (χ3n) is 5.54. The van der Waals surface area contributed by atoms with Crippen LogP contribution in [0.15, 0.2) is 30.3 Å². The summed E-state index contributed by atoms with van der Waals surface area (Å²) in [7, 11) is 0. The van der Waals surface area contributed by atoms with Crippen molar-refractivity contribution in [1.29, 1.82) is 0 Å². The highest BCUT2D eigenvalue weighted by atomic mass is 15.3. The predicted octanol–water partition coefficient (Wildman–Crippen LogP) is 3.46. The Morgan fingerprint density at radius 3 is 2.65 bits per heavy atom. The SMILES string of the molecule is CCCC(c1ccccc1)N1CC2CNCC2C1(C)C. The van der Waals surface area contributed by atoms with E-state index in [-0.39, 0.29) is 0 Å². The molecule has 0 amide bonds. The maximum atomic E-state index is 3.58. The van der Waals surface area contributed by atoms with E-state index >= 15 is 0 Å². The van der Waals surface area contributed by atoms with E-state index < -0.39 is 0 Å². The quantitative estimate of drug-likeness (QED) is 0.903. The lowest BCUT2D eigenvalue weighted by molar-refractivity contribution is 0.0829. The number of benzene rings is 1. The molecule has 0 aromatic heterocycles. The third-order valence-corrected chi connectivity index (χ3v) is 5.54. The van der Waals surface area contributed by atoms with Crippen LogP contribution in [0.4, 0.5) is 0 Å². The van der Waals surface area contributed by atoms with Crippen molar-refractivity contribution in [3.63, 3.8) is 0 Å².